The third-order valence-corrected chi connectivity index (χ3v) is 5.47. The molecule has 26 heavy (non-hydrogen) atoms. The molecule has 134 valence electrons. The molecule has 0 aromatic heterocycles. The predicted octanol–water partition coefficient (Wildman–Crippen LogP) is 2.56. The van der Waals surface area contributed by atoms with Gasteiger partial charge in [-0.3, -0.25) is 0 Å². The minimum Gasteiger partial charge on any atom is -0.182 e. The lowest BCUT2D eigenvalue weighted by Gasteiger charge is -2.15. The Hall–Kier alpha value is -1.86. The molecule has 0 unspecified atom stereocenters. The van der Waals surface area contributed by atoms with Crippen LogP contribution in [0.2, 0.25) is 0 Å². The Balaban J connectivity index is 2.11. The summed E-state index contributed by atoms with van der Waals surface area (Å²) in [5, 5.41) is 0. The minimum atomic E-state index is -4.51. The number of halogens is 1. The summed E-state index contributed by atoms with van der Waals surface area (Å²) in [7, 11) is -4.51. The minimum absolute atomic E-state index is 0.553. The lowest BCUT2D eigenvalue weighted by atomic mass is 9.94. The molecule has 0 bridgehead atoms. The topological polar surface area (TPSA) is 78.4 Å². The monoisotopic (exact) mass is 388 g/mol. The molecule has 3 rings (SSSR count). The van der Waals surface area contributed by atoms with Gasteiger partial charge in [0.25, 0.3) is 0 Å². The highest BCUT2D eigenvalue weighted by molar-refractivity contribution is 7.94. The van der Waals surface area contributed by atoms with E-state index < -0.39 is 10.2 Å². The summed E-state index contributed by atoms with van der Waals surface area (Å²) in [6.45, 7) is 4.02. The average Bonchev–Trinajstić information content (AvgIpc) is 2.60. The van der Waals surface area contributed by atoms with E-state index in [0.717, 1.165) is 33.4 Å². The number of benzene rings is 3. The van der Waals surface area contributed by atoms with Crippen LogP contribution in [0.25, 0.3) is 22.3 Å². The van der Waals surface area contributed by atoms with Gasteiger partial charge in [0, 0.05) is 0 Å². The lowest BCUT2D eigenvalue weighted by molar-refractivity contribution is -1.91. The molecule has 0 amide bonds. The first-order chi connectivity index (χ1) is 12.3. The first-order valence-corrected chi connectivity index (χ1v) is 9.86. The molecule has 0 N–H and O–H groups in total. The van der Waals surface area contributed by atoms with E-state index in [1.165, 1.54) is 0 Å². The van der Waals surface area contributed by atoms with Crippen LogP contribution >= 0.6 is 12.0 Å². The van der Waals surface area contributed by atoms with Gasteiger partial charge in [-0.1, -0.05) is 54.6 Å². The Labute approximate surface area is 159 Å². The second-order valence-electron chi connectivity index (χ2n) is 5.87. The molecule has 0 aliphatic rings. The van der Waals surface area contributed by atoms with Gasteiger partial charge in [-0.25, -0.2) is 0 Å². The maximum absolute atomic E-state index is 10.8. The molecule has 0 saturated heterocycles. The normalized spacial score (nSPS) is 11.6. The largest absolute Gasteiger partial charge is 0.209 e. The van der Waals surface area contributed by atoms with E-state index in [9.17, 15) is 14.0 Å². The predicted molar refractivity (Wildman–Crippen MR) is 93.7 cm³/mol. The number of aryl methyl sites for hydroxylation is 2. The molecule has 4 nitrogen and oxygen atoms in total. The zero-order valence-electron chi connectivity index (χ0n) is 14.3. The van der Waals surface area contributed by atoms with Gasteiger partial charge >= 0.3 is 0 Å². The molecule has 6 heteroatoms. The summed E-state index contributed by atoms with van der Waals surface area (Å²) in [6, 6.07) is 21.5. The molecule has 0 saturated carbocycles. The van der Waals surface area contributed by atoms with E-state index in [1.807, 2.05) is 74.5 Å². The molecule has 0 radical (unpaired) electrons. The fourth-order valence-corrected chi connectivity index (χ4v) is 3.79. The molecule has 0 fully saturated rings. The van der Waals surface area contributed by atoms with Crippen LogP contribution in [0.5, 0.6) is 0 Å². The highest BCUT2D eigenvalue weighted by Crippen LogP contribution is 2.38. The molecular weight excluding hydrogens is 372 g/mol. The van der Waals surface area contributed by atoms with E-state index >= 15 is 0 Å². The fraction of sp³-hybridized carbons (Fsp3) is 0.100. The zero-order chi connectivity index (χ0) is 18.7. The fourth-order valence-electron chi connectivity index (χ4n) is 2.83. The van der Waals surface area contributed by atoms with Crippen LogP contribution in [0.1, 0.15) is 11.1 Å². The van der Waals surface area contributed by atoms with Gasteiger partial charge in [0.1, 0.15) is 3.74 Å². The van der Waals surface area contributed by atoms with Crippen molar-refractivity contribution in [1.29, 1.82) is 0 Å². The third-order valence-electron chi connectivity index (χ3n) is 4.07. The Morgan fingerprint density at radius 1 is 0.731 bits per heavy atom. The van der Waals surface area contributed by atoms with Crippen LogP contribution in [-0.2, 0) is 3.74 Å². The van der Waals surface area contributed by atoms with Gasteiger partial charge in [0.2, 0.25) is 12.0 Å². The van der Waals surface area contributed by atoms with Gasteiger partial charge in [-0.05, 0) is 59.4 Å². The first-order valence-electron chi connectivity index (χ1n) is 7.88. The van der Waals surface area contributed by atoms with E-state index in [0.29, 0.717) is 16.9 Å². The smallest absolute Gasteiger partial charge is 0.182 e. The summed E-state index contributed by atoms with van der Waals surface area (Å²) in [4.78, 5) is 0.559. The van der Waals surface area contributed by atoms with Crippen molar-refractivity contribution in [1.82, 2.24) is 0 Å². The van der Waals surface area contributed by atoms with Gasteiger partial charge in [0.05, 0.1) is 15.1 Å². The summed E-state index contributed by atoms with van der Waals surface area (Å²) < 4.78 is 36.9. The number of hydrogen-bond acceptors (Lipinski definition) is 5. The molecular formula is C20H17ClO4S. The Morgan fingerprint density at radius 2 is 1.31 bits per heavy atom. The van der Waals surface area contributed by atoms with E-state index in [2.05, 4.69) is 3.74 Å². The second kappa shape index (κ2) is 7.80. The summed E-state index contributed by atoms with van der Waals surface area (Å²) >= 11 is 0.553. The average molecular weight is 389 g/mol. The summed E-state index contributed by atoms with van der Waals surface area (Å²) in [5.74, 6) is 0. The molecule has 3 aromatic rings. The van der Waals surface area contributed by atoms with Crippen LogP contribution in [-0.4, -0.2) is 0 Å². The SMILES string of the molecule is Cc1ccccc1-c1ccc(SO[Cl+3]([O-])([O-])[O-])c(-c2ccccc2C)c1. The Kier molecular flexibility index (Phi) is 5.67. The number of hydrogen-bond donors (Lipinski definition) is 0. The maximum Gasteiger partial charge on any atom is 0.209 e. The molecule has 0 aliphatic heterocycles. The summed E-state index contributed by atoms with van der Waals surface area (Å²) in [5.41, 5.74) is 6.05. The molecule has 3 aromatic carbocycles. The highest BCUT2D eigenvalue weighted by Gasteiger charge is 2.22. The van der Waals surface area contributed by atoms with E-state index in [1.54, 1.807) is 6.07 Å². The van der Waals surface area contributed by atoms with Crippen molar-refractivity contribution >= 4 is 12.0 Å². The van der Waals surface area contributed by atoms with Crippen LogP contribution < -0.4 is 14.0 Å². The second-order valence-corrected chi connectivity index (χ2v) is 7.73. The van der Waals surface area contributed by atoms with Crippen molar-refractivity contribution < 1.29 is 28.0 Å². The van der Waals surface area contributed by atoms with Crippen molar-refractivity contribution in [2.24, 2.45) is 0 Å². The zero-order valence-corrected chi connectivity index (χ0v) is 15.8. The van der Waals surface area contributed by atoms with Gasteiger partial charge in [0.15, 0.2) is 0 Å². The first kappa shape index (κ1) is 18.9. The van der Waals surface area contributed by atoms with Crippen molar-refractivity contribution in [3.8, 4) is 22.3 Å². The quantitative estimate of drug-likeness (QED) is 0.627. The van der Waals surface area contributed by atoms with Crippen LogP contribution in [0.4, 0.5) is 0 Å². The van der Waals surface area contributed by atoms with Crippen molar-refractivity contribution in [2.45, 2.75) is 18.7 Å². The summed E-state index contributed by atoms with van der Waals surface area (Å²) in [6.07, 6.45) is 0. The molecule has 0 spiro atoms. The Morgan fingerprint density at radius 3 is 1.88 bits per heavy atom. The van der Waals surface area contributed by atoms with Gasteiger partial charge in [-0.2, -0.15) is 14.0 Å². The van der Waals surface area contributed by atoms with Crippen LogP contribution in [0.15, 0.2) is 71.6 Å². The number of rotatable bonds is 5. The van der Waals surface area contributed by atoms with E-state index in [4.69, 9.17) is 0 Å². The Bertz CT molecular complexity index is 922. The molecule has 0 aliphatic carbocycles. The van der Waals surface area contributed by atoms with Crippen molar-refractivity contribution in [3.05, 3.63) is 77.9 Å². The van der Waals surface area contributed by atoms with Crippen LogP contribution in [0.3, 0.4) is 0 Å². The third kappa shape index (κ3) is 4.45. The van der Waals surface area contributed by atoms with Crippen LogP contribution in [0, 0.1) is 24.1 Å². The maximum atomic E-state index is 10.8. The van der Waals surface area contributed by atoms with E-state index in [-0.39, 0.29) is 0 Å². The highest BCUT2D eigenvalue weighted by atomic mass is 35.7. The molecule has 0 atom stereocenters. The van der Waals surface area contributed by atoms with Crippen molar-refractivity contribution in [2.75, 3.05) is 0 Å². The van der Waals surface area contributed by atoms with Crippen molar-refractivity contribution in [3.63, 3.8) is 0 Å². The van der Waals surface area contributed by atoms with Gasteiger partial charge < -0.3 is 0 Å². The lowest BCUT2D eigenvalue weighted by Crippen LogP contribution is -2.59. The molecule has 0 heterocycles. The van der Waals surface area contributed by atoms with Gasteiger partial charge in [-0.15, -0.1) is 0 Å². The standard InChI is InChI=1S/C20H17ClO4S/c1-14-7-3-5-9-17(14)16-11-12-20(26-25-21(22,23)24)19(13-16)18-10-6-4-8-15(18)2/h3-13H,1-2H3.